The third kappa shape index (κ3) is 2.71. The van der Waals surface area contributed by atoms with Crippen molar-refractivity contribution in [1.29, 1.82) is 0 Å². The Bertz CT molecular complexity index is 430. The molecule has 1 N–H and O–H groups in total. The first-order valence-corrected chi connectivity index (χ1v) is 6.79. The average Bonchev–Trinajstić information content (AvgIpc) is 2.61. The first-order chi connectivity index (χ1) is 8.02. The molecule has 0 heterocycles. The molecule has 0 radical (unpaired) electrons. The fraction of sp³-hybridized carbons (Fsp3) is 0.500. The number of carboxylic acid groups (broad SMARTS) is 1. The average molecular weight is 297 g/mol. The van der Waals surface area contributed by atoms with E-state index >= 15 is 0 Å². The molecule has 2 rings (SSSR count). The quantitative estimate of drug-likeness (QED) is 0.919. The molecule has 92 valence electrons. The summed E-state index contributed by atoms with van der Waals surface area (Å²) in [5, 5.41) is 9.50. The van der Waals surface area contributed by atoms with Gasteiger partial charge in [0.2, 0.25) is 0 Å². The molecule has 2 nitrogen and oxygen atoms in total. The van der Waals surface area contributed by atoms with Gasteiger partial charge in [-0.15, -0.1) is 0 Å². The summed E-state index contributed by atoms with van der Waals surface area (Å²) in [6.07, 6.45) is 3.28. The minimum Gasteiger partial charge on any atom is -0.481 e. The van der Waals surface area contributed by atoms with Crippen LogP contribution in [0.2, 0.25) is 0 Å². The second-order valence-corrected chi connectivity index (χ2v) is 6.16. The van der Waals surface area contributed by atoms with E-state index in [1.54, 1.807) is 0 Å². The largest absolute Gasteiger partial charge is 0.481 e. The minimum atomic E-state index is -0.637. The molecule has 1 aromatic rings. The van der Waals surface area contributed by atoms with Crippen molar-refractivity contribution < 1.29 is 9.90 Å². The molecule has 1 fully saturated rings. The van der Waals surface area contributed by atoms with Crippen LogP contribution in [0.3, 0.4) is 0 Å². The van der Waals surface area contributed by atoms with Gasteiger partial charge in [-0.25, -0.2) is 0 Å². The van der Waals surface area contributed by atoms with Crippen LogP contribution in [0.5, 0.6) is 0 Å². The number of hydrogen-bond donors (Lipinski definition) is 1. The SMILES string of the molecule is CC1CCC(Cc2cccc(Br)c2)(C(=O)O)C1. The Morgan fingerprint density at radius 1 is 1.59 bits per heavy atom. The van der Waals surface area contributed by atoms with Gasteiger partial charge in [0.15, 0.2) is 0 Å². The Morgan fingerprint density at radius 2 is 2.35 bits per heavy atom. The van der Waals surface area contributed by atoms with Crippen molar-refractivity contribution in [3.8, 4) is 0 Å². The lowest BCUT2D eigenvalue weighted by Gasteiger charge is -2.24. The van der Waals surface area contributed by atoms with Crippen LogP contribution >= 0.6 is 15.9 Å². The molecule has 2 unspecified atom stereocenters. The lowest BCUT2D eigenvalue weighted by atomic mass is 9.79. The van der Waals surface area contributed by atoms with Crippen molar-refractivity contribution in [2.75, 3.05) is 0 Å². The van der Waals surface area contributed by atoms with Crippen molar-refractivity contribution in [3.05, 3.63) is 34.3 Å². The van der Waals surface area contributed by atoms with E-state index in [-0.39, 0.29) is 0 Å². The summed E-state index contributed by atoms with van der Waals surface area (Å²) in [6, 6.07) is 7.97. The summed E-state index contributed by atoms with van der Waals surface area (Å²) in [7, 11) is 0. The van der Waals surface area contributed by atoms with E-state index in [9.17, 15) is 9.90 Å². The minimum absolute atomic E-state index is 0.526. The van der Waals surface area contributed by atoms with Crippen LogP contribution < -0.4 is 0 Å². The van der Waals surface area contributed by atoms with Crippen LogP contribution in [-0.4, -0.2) is 11.1 Å². The first-order valence-electron chi connectivity index (χ1n) is 6.00. The van der Waals surface area contributed by atoms with Gasteiger partial charge in [-0.2, -0.15) is 0 Å². The van der Waals surface area contributed by atoms with Crippen LogP contribution in [-0.2, 0) is 11.2 Å². The molecule has 17 heavy (non-hydrogen) atoms. The van der Waals surface area contributed by atoms with E-state index in [0.29, 0.717) is 12.3 Å². The van der Waals surface area contributed by atoms with Crippen molar-refractivity contribution in [2.45, 2.75) is 32.6 Å². The highest BCUT2D eigenvalue weighted by Gasteiger charge is 2.43. The molecule has 0 aliphatic heterocycles. The van der Waals surface area contributed by atoms with Gasteiger partial charge in [-0.3, -0.25) is 4.79 Å². The Balaban J connectivity index is 2.22. The molecule has 0 saturated heterocycles. The molecule has 1 aromatic carbocycles. The van der Waals surface area contributed by atoms with Gasteiger partial charge >= 0.3 is 5.97 Å². The van der Waals surface area contributed by atoms with Gasteiger partial charge in [0.25, 0.3) is 0 Å². The zero-order valence-electron chi connectivity index (χ0n) is 9.95. The van der Waals surface area contributed by atoms with Crippen LogP contribution in [0.25, 0.3) is 0 Å². The molecule has 1 aliphatic rings. The van der Waals surface area contributed by atoms with Crippen molar-refractivity contribution in [3.63, 3.8) is 0 Å². The molecule has 1 saturated carbocycles. The molecule has 2 atom stereocenters. The van der Waals surface area contributed by atoms with Gasteiger partial charge in [0, 0.05) is 4.47 Å². The molecule has 0 aromatic heterocycles. The van der Waals surface area contributed by atoms with E-state index in [4.69, 9.17) is 0 Å². The summed E-state index contributed by atoms with van der Waals surface area (Å²) in [5.74, 6) is -0.111. The number of hydrogen-bond acceptors (Lipinski definition) is 1. The number of aliphatic carboxylic acids is 1. The maximum atomic E-state index is 11.5. The molecule has 1 aliphatic carbocycles. The number of halogens is 1. The summed E-state index contributed by atoms with van der Waals surface area (Å²) in [6.45, 7) is 2.14. The standard InChI is InChI=1S/C14H17BrO2/c1-10-5-6-14(8-10,13(16)17)9-11-3-2-4-12(15)7-11/h2-4,7,10H,5-6,8-9H2,1H3,(H,16,17). The zero-order chi connectivity index (χ0) is 12.5. The van der Waals surface area contributed by atoms with Crippen LogP contribution in [0.4, 0.5) is 0 Å². The van der Waals surface area contributed by atoms with E-state index in [1.807, 2.05) is 24.3 Å². The van der Waals surface area contributed by atoms with Gasteiger partial charge in [0.1, 0.15) is 0 Å². The van der Waals surface area contributed by atoms with Gasteiger partial charge in [-0.05, 0) is 49.3 Å². The molecule has 0 amide bonds. The summed E-state index contributed by atoms with van der Waals surface area (Å²) in [5.41, 5.74) is 0.566. The first kappa shape index (κ1) is 12.6. The number of carboxylic acids is 1. The van der Waals surface area contributed by atoms with Crippen molar-refractivity contribution >= 4 is 21.9 Å². The third-order valence-corrected chi connectivity index (χ3v) is 4.23. The maximum absolute atomic E-state index is 11.5. The maximum Gasteiger partial charge on any atom is 0.309 e. The van der Waals surface area contributed by atoms with Gasteiger partial charge in [0.05, 0.1) is 5.41 Å². The van der Waals surface area contributed by atoms with Gasteiger partial charge in [-0.1, -0.05) is 35.0 Å². The Hall–Kier alpha value is -0.830. The second-order valence-electron chi connectivity index (χ2n) is 5.24. The van der Waals surface area contributed by atoms with E-state index < -0.39 is 11.4 Å². The van der Waals surface area contributed by atoms with Crippen LogP contribution in [0, 0.1) is 11.3 Å². The van der Waals surface area contributed by atoms with Crippen molar-refractivity contribution in [1.82, 2.24) is 0 Å². The molecular weight excluding hydrogens is 280 g/mol. The van der Waals surface area contributed by atoms with E-state index in [2.05, 4.69) is 22.9 Å². The van der Waals surface area contributed by atoms with Crippen LogP contribution in [0.1, 0.15) is 31.7 Å². The normalized spacial score (nSPS) is 28.2. The predicted molar refractivity (Wildman–Crippen MR) is 70.9 cm³/mol. The van der Waals surface area contributed by atoms with Crippen molar-refractivity contribution in [2.24, 2.45) is 11.3 Å². The van der Waals surface area contributed by atoms with Gasteiger partial charge < -0.3 is 5.11 Å². The topological polar surface area (TPSA) is 37.3 Å². The number of benzene rings is 1. The highest BCUT2D eigenvalue weighted by Crippen LogP contribution is 2.44. The molecular formula is C14H17BrO2. The lowest BCUT2D eigenvalue weighted by Crippen LogP contribution is -2.30. The Kier molecular flexibility index (Phi) is 3.57. The number of carbonyl (C=O) groups is 1. The van der Waals surface area contributed by atoms with E-state index in [1.165, 1.54) is 0 Å². The molecule has 0 spiro atoms. The third-order valence-electron chi connectivity index (χ3n) is 3.74. The zero-order valence-corrected chi connectivity index (χ0v) is 11.5. The monoisotopic (exact) mass is 296 g/mol. The smallest absolute Gasteiger partial charge is 0.309 e. The fourth-order valence-corrected chi connectivity index (χ4v) is 3.31. The molecule has 0 bridgehead atoms. The summed E-state index contributed by atoms with van der Waals surface area (Å²) >= 11 is 3.43. The predicted octanol–water partition coefficient (Wildman–Crippen LogP) is 3.88. The fourth-order valence-electron chi connectivity index (χ4n) is 2.86. The summed E-state index contributed by atoms with van der Waals surface area (Å²) < 4.78 is 1.02. The second kappa shape index (κ2) is 4.81. The van der Waals surface area contributed by atoms with E-state index in [0.717, 1.165) is 29.3 Å². The highest BCUT2D eigenvalue weighted by atomic mass is 79.9. The highest BCUT2D eigenvalue weighted by molar-refractivity contribution is 9.10. The summed E-state index contributed by atoms with van der Waals surface area (Å²) in [4.78, 5) is 11.5. The Morgan fingerprint density at radius 3 is 2.88 bits per heavy atom. The number of rotatable bonds is 3. The van der Waals surface area contributed by atoms with Crippen LogP contribution in [0.15, 0.2) is 28.7 Å². The molecule has 3 heteroatoms. The Labute approximate surface area is 110 Å². The lowest BCUT2D eigenvalue weighted by molar-refractivity contribution is -0.148.